The van der Waals surface area contributed by atoms with Crippen molar-refractivity contribution in [3.63, 3.8) is 0 Å². The molecule has 158 valence electrons. The van der Waals surface area contributed by atoms with Crippen molar-refractivity contribution in [2.24, 2.45) is 17.8 Å². The van der Waals surface area contributed by atoms with Crippen LogP contribution in [0.1, 0.15) is 36.8 Å². The monoisotopic (exact) mass is 413 g/mol. The predicted octanol–water partition coefficient (Wildman–Crippen LogP) is 4.64. The second-order valence-electron chi connectivity index (χ2n) is 8.78. The van der Waals surface area contributed by atoms with Gasteiger partial charge in [0.1, 0.15) is 0 Å². The van der Waals surface area contributed by atoms with E-state index in [1.165, 1.54) is 16.7 Å². The number of benzene rings is 1. The van der Waals surface area contributed by atoms with Crippen LogP contribution in [-0.4, -0.2) is 47.6 Å². The minimum Gasteiger partial charge on any atom is -0.392 e. The summed E-state index contributed by atoms with van der Waals surface area (Å²) in [5, 5.41) is 10.5. The zero-order valence-electron chi connectivity index (χ0n) is 18.0. The summed E-state index contributed by atoms with van der Waals surface area (Å²) in [6.45, 7) is 2.14. The molecule has 0 unspecified atom stereocenters. The number of carbonyl (C=O) groups is 1. The van der Waals surface area contributed by atoms with E-state index >= 15 is 0 Å². The van der Waals surface area contributed by atoms with Crippen LogP contribution in [0.2, 0.25) is 0 Å². The molecule has 4 atom stereocenters. The molecule has 0 saturated heterocycles. The molecule has 0 aliphatic heterocycles. The van der Waals surface area contributed by atoms with Gasteiger partial charge in [0.25, 0.3) is 0 Å². The standard InChI is InChI=1S/C25H35NO2S/c1-18-7-6-9-19(13-18)8-4-5-10-22-23-15-20(14-21(23)16-24(22)27)17-29-12-11-25(28)26(2)3/h5-7,9-10,13-14,21-24,27H,4,8,11-12,15-17H2,1-3H3/t21-,22+,23-,24+/m0/s1. The van der Waals surface area contributed by atoms with E-state index in [1.807, 2.05) is 25.9 Å². The summed E-state index contributed by atoms with van der Waals surface area (Å²) in [6.07, 6.45) is 11.5. The lowest BCUT2D eigenvalue weighted by Gasteiger charge is -2.18. The van der Waals surface area contributed by atoms with Crippen molar-refractivity contribution in [3.05, 3.63) is 59.2 Å². The average Bonchev–Trinajstić information content (AvgIpc) is 3.19. The van der Waals surface area contributed by atoms with Crippen molar-refractivity contribution in [2.75, 3.05) is 25.6 Å². The van der Waals surface area contributed by atoms with Gasteiger partial charge in [0.15, 0.2) is 0 Å². The van der Waals surface area contributed by atoms with Gasteiger partial charge in [-0.2, -0.15) is 11.8 Å². The van der Waals surface area contributed by atoms with Gasteiger partial charge in [-0.3, -0.25) is 4.79 Å². The summed E-state index contributed by atoms with van der Waals surface area (Å²) in [5.74, 6) is 3.47. The Morgan fingerprint density at radius 1 is 1.34 bits per heavy atom. The lowest BCUT2D eigenvalue weighted by molar-refractivity contribution is -0.128. The van der Waals surface area contributed by atoms with Crippen LogP contribution in [-0.2, 0) is 11.2 Å². The molecule has 3 nitrogen and oxygen atoms in total. The van der Waals surface area contributed by atoms with Gasteiger partial charge in [-0.25, -0.2) is 0 Å². The summed E-state index contributed by atoms with van der Waals surface area (Å²) >= 11 is 1.86. The molecule has 1 fully saturated rings. The minimum absolute atomic E-state index is 0.203. The van der Waals surface area contributed by atoms with Gasteiger partial charge in [0, 0.05) is 37.9 Å². The highest BCUT2D eigenvalue weighted by molar-refractivity contribution is 7.99. The highest BCUT2D eigenvalue weighted by Crippen LogP contribution is 2.47. The van der Waals surface area contributed by atoms with Crippen molar-refractivity contribution >= 4 is 17.7 Å². The van der Waals surface area contributed by atoms with Gasteiger partial charge in [-0.1, -0.05) is 53.6 Å². The fraction of sp³-hybridized carbons (Fsp3) is 0.560. The second kappa shape index (κ2) is 10.5. The van der Waals surface area contributed by atoms with Gasteiger partial charge in [-0.05, 0) is 50.0 Å². The number of aliphatic hydroxyl groups excluding tert-OH is 1. The highest BCUT2D eigenvalue weighted by atomic mass is 32.2. The van der Waals surface area contributed by atoms with Crippen LogP contribution >= 0.6 is 11.8 Å². The maximum absolute atomic E-state index is 11.7. The lowest BCUT2D eigenvalue weighted by atomic mass is 9.89. The molecule has 0 radical (unpaired) electrons. The molecule has 1 N–H and O–H groups in total. The van der Waals surface area contributed by atoms with Crippen molar-refractivity contribution < 1.29 is 9.90 Å². The Bertz CT molecular complexity index is 755. The number of aliphatic hydroxyl groups is 1. The SMILES string of the molecule is Cc1cccc(CCC=C[C@@H]2[C@H]3CC(CSCCC(=O)N(C)C)=C[C@H]3C[C@H]2O)c1. The Hall–Kier alpha value is -1.52. The first-order chi connectivity index (χ1) is 13.9. The van der Waals surface area contributed by atoms with E-state index in [9.17, 15) is 9.90 Å². The third-order valence-electron chi connectivity index (χ3n) is 6.24. The first-order valence-corrected chi connectivity index (χ1v) is 12.0. The van der Waals surface area contributed by atoms with Crippen LogP contribution in [0.4, 0.5) is 0 Å². The van der Waals surface area contributed by atoms with E-state index in [0.717, 1.165) is 37.2 Å². The molecule has 1 saturated carbocycles. The molecule has 2 aliphatic rings. The van der Waals surface area contributed by atoms with E-state index in [2.05, 4.69) is 49.4 Å². The fourth-order valence-electron chi connectivity index (χ4n) is 4.67. The number of thioether (sulfide) groups is 1. The molecule has 0 bridgehead atoms. The molecule has 29 heavy (non-hydrogen) atoms. The zero-order valence-corrected chi connectivity index (χ0v) is 18.8. The Morgan fingerprint density at radius 2 is 2.17 bits per heavy atom. The molecule has 0 spiro atoms. The number of nitrogens with zero attached hydrogens (tertiary/aromatic N) is 1. The predicted molar refractivity (Wildman–Crippen MR) is 123 cm³/mol. The third-order valence-corrected chi connectivity index (χ3v) is 7.30. The number of fused-ring (bicyclic) bond motifs is 1. The quantitative estimate of drug-likeness (QED) is 0.474. The molecule has 3 rings (SSSR count). The first kappa shape index (κ1) is 22.2. The molecule has 2 aliphatic carbocycles. The van der Waals surface area contributed by atoms with Crippen molar-refractivity contribution in [3.8, 4) is 0 Å². The Kier molecular flexibility index (Phi) is 8.02. The first-order valence-electron chi connectivity index (χ1n) is 10.8. The Labute approximate surface area is 180 Å². The molecular weight excluding hydrogens is 378 g/mol. The van der Waals surface area contributed by atoms with Gasteiger partial charge >= 0.3 is 0 Å². The van der Waals surface area contributed by atoms with Crippen molar-refractivity contribution in [1.82, 2.24) is 4.90 Å². The van der Waals surface area contributed by atoms with Crippen LogP contribution in [0.15, 0.2) is 48.1 Å². The second-order valence-corrected chi connectivity index (χ2v) is 9.89. The van der Waals surface area contributed by atoms with E-state index in [-0.39, 0.29) is 17.9 Å². The molecule has 1 amide bonds. The topological polar surface area (TPSA) is 40.5 Å². The summed E-state index contributed by atoms with van der Waals surface area (Å²) in [5.41, 5.74) is 4.20. The van der Waals surface area contributed by atoms with Crippen LogP contribution in [0, 0.1) is 24.7 Å². The van der Waals surface area contributed by atoms with Crippen molar-refractivity contribution in [2.45, 2.75) is 45.1 Å². The number of allylic oxidation sites excluding steroid dienone is 2. The molecule has 0 heterocycles. The zero-order chi connectivity index (χ0) is 20.8. The van der Waals surface area contributed by atoms with Gasteiger partial charge in [0.2, 0.25) is 5.91 Å². The number of carbonyl (C=O) groups excluding carboxylic acids is 1. The van der Waals surface area contributed by atoms with E-state index < -0.39 is 0 Å². The van der Waals surface area contributed by atoms with Crippen LogP contribution in [0.25, 0.3) is 0 Å². The number of aryl methyl sites for hydroxylation is 2. The van der Waals surface area contributed by atoms with Crippen LogP contribution in [0.5, 0.6) is 0 Å². The molecule has 4 heteroatoms. The molecular formula is C25H35NO2S. The van der Waals surface area contributed by atoms with E-state index in [4.69, 9.17) is 0 Å². The maximum Gasteiger partial charge on any atom is 0.222 e. The molecule has 1 aromatic carbocycles. The highest BCUT2D eigenvalue weighted by Gasteiger charge is 2.43. The van der Waals surface area contributed by atoms with Gasteiger partial charge < -0.3 is 10.0 Å². The summed E-state index contributed by atoms with van der Waals surface area (Å²) < 4.78 is 0. The number of hydrogen-bond acceptors (Lipinski definition) is 3. The fourth-order valence-corrected chi connectivity index (χ4v) is 5.61. The summed E-state index contributed by atoms with van der Waals surface area (Å²) in [4.78, 5) is 13.3. The van der Waals surface area contributed by atoms with Gasteiger partial charge in [-0.15, -0.1) is 0 Å². The normalized spacial score (nSPS) is 26.0. The van der Waals surface area contributed by atoms with Crippen LogP contribution in [0.3, 0.4) is 0 Å². The smallest absolute Gasteiger partial charge is 0.222 e. The van der Waals surface area contributed by atoms with E-state index in [0.29, 0.717) is 18.3 Å². The number of hydrogen-bond donors (Lipinski definition) is 1. The van der Waals surface area contributed by atoms with Crippen LogP contribution < -0.4 is 0 Å². The summed E-state index contributed by atoms with van der Waals surface area (Å²) in [7, 11) is 3.63. The average molecular weight is 414 g/mol. The Morgan fingerprint density at radius 3 is 2.93 bits per heavy atom. The summed E-state index contributed by atoms with van der Waals surface area (Å²) in [6, 6.07) is 8.71. The minimum atomic E-state index is -0.205. The lowest BCUT2D eigenvalue weighted by Crippen LogP contribution is -2.21. The maximum atomic E-state index is 11.7. The third kappa shape index (κ3) is 6.23. The largest absolute Gasteiger partial charge is 0.392 e. The Balaban J connectivity index is 1.43. The van der Waals surface area contributed by atoms with E-state index in [1.54, 1.807) is 4.90 Å². The number of amides is 1. The number of rotatable bonds is 9. The molecule has 0 aromatic heterocycles. The van der Waals surface area contributed by atoms with Gasteiger partial charge in [0.05, 0.1) is 6.10 Å². The van der Waals surface area contributed by atoms with Crippen molar-refractivity contribution in [1.29, 1.82) is 0 Å². The molecule has 1 aromatic rings.